The van der Waals surface area contributed by atoms with Gasteiger partial charge in [0, 0.05) is 29.6 Å². The van der Waals surface area contributed by atoms with Gasteiger partial charge in [0.1, 0.15) is 11.6 Å². The summed E-state index contributed by atoms with van der Waals surface area (Å²) >= 11 is 6.07. The summed E-state index contributed by atoms with van der Waals surface area (Å²) in [6.07, 6.45) is 2.86. The first-order valence-corrected chi connectivity index (χ1v) is 6.74. The lowest BCUT2D eigenvalue weighted by Crippen LogP contribution is -2.04. The van der Waals surface area contributed by atoms with E-state index in [0.29, 0.717) is 23.6 Å². The standard InChI is InChI=1S/C15H13ClFNO2/c16-12-3-9-1-2-20-15(9)10(4-12)6-14(19)11-5-13(17)8-18-7-11/h3-5,7-8,14,19H,1-2,6H2. The minimum atomic E-state index is -0.843. The molecule has 1 aromatic carbocycles. The highest BCUT2D eigenvalue weighted by Gasteiger charge is 2.20. The molecule has 0 fully saturated rings. The van der Waals surface area contributed by atoms with E-state index in [1.54, 1.807) is 6.07 Å². The Kier molecular flexibility index (Phi) is 3.59. The molecule has 0 saturated carbocycles. The largest absolute Gasteiger partial charge is 0.493 e. The predicted molar refractivity (Wildman–Crippen MR) is 73.5 cm³/mol. The van der Waals surface area contributed by atoms with Crippen LogP contribution in [0.15, 0.2) is 30.6 Å². The van der Waals surface area contributed by atoms with E-state index in [2.05, 4.69) is 4.98 Å². The van der Waals surface area contributed by atoms with Crippen LogP contribution in [0.3, 0.4) is 0 Å². The number of rotatable bonds is 3. The number of aromatic nitrogens is 1. The van der Waals surface area contributed by atoms with Gasteiger partial charge in [0.2, 0.25) is 0 Å². The van der Waals surface area contributed by atoms with E-state index in [0.717, 1.165) is 29.5 Å². The van der Waals surface area contributed by atoms with Crippen molar-refractivity contribution in [1.29, 1.82) is 0 Å². The Balaban J connectivity index is 1.88. The third-order valence-corrected chi connectivity index (χ3v) is 3.57. The first kappa shape index (κ1) is 13.3. The fourth-order valence-electron chi connectivity index (χ4n) is 2.43. The highest BCUT2D eigenvalue weighted by atomic mass is 35.5. The Morgan fingerprint density at radius 3 is 3.00 bits per heavy atom. The second-order valence-electron chi connectivity index (χ2n) is 4.81. The van der Waals surface area contributed by atoms with E-state index in [9.17, 15) is 9.50 Å². The number of hydrogen-bond donors (Lipinski definition) is 1. The van der Waals surface area contributed by atoms with Crippen LogP contribution in [0.2, 0.25) is 5.02 Å². The van der Waals surface area contributed by atoms with Crippen molar-refractivity contribution in [2.75, 3.05) is 6.61 Å². The monoisotopic (exact) mass is 293 g/mol. The van der Waals surface area contributed by atoms with Crippen molar-refractivity contribution in [3.8, 4) is 5.75 Å². The summed E-state index contributed by atoms with van der Waals surface area (Å²) < 4.78 is 18.7. The van der Waals surface area contributed by atoms with Crippen LogP contribution >= 0.6 is 11.6 Å². The molecule has 2 aromatic rings. The maximum atomic E-state index is 13.1. The van der Waals surface area contributed by atoms with Crippen LogP contribution in [0.25, 0.3) is 0 Å². The van der Waals surface area contributed by atoms with E-state index < -0.39 is 11.9 Å². The quantitative estimate of drug-likeness (QED) is 0.945. The molecule has 0 radical (unpaired) electrons. The van der Waals surface area contributed by atoms with Gasteiger partial charge in [-0.3, -0.25) is 4.98 Å². The number of fused-ring (bicyclic) bond motifs is 1. The van der Waals surface area contributed by atoms with Crippen molar-refractivity contribution in [3.05, 3.63) is 58.1 Å². The minimum absolute atomic E-state index is 0.314. The molecule has 0 amide bonds. The number of nitrogens with zero attached hydrogens (tertiary/aromatic N) is 1. The lowest BCUT2D eigenvalue weighted by atomic mass is 9.99. The van der Waals surface area contributed by atoms with Crippen molar-refractivity contribution in [2.45, 2.75) is 18.9 Å². The van der Waals surface area contributed by atoms with Crippen molar-refractivity contribution >= 4 is 11.6 Å². The molecule has 1 unspecified atom stereocenters. The maximum Gasteiger partial charge on any atom is 0.141 e. The molecule has 2 heterocycles. The lowest BCUT2D eigenvalue weighted by Gasteiger charge is -2.14. The van der Waals surface area contributed by atoms with E-state index >= 15 is 0 Å². The second kappa shape index (κ2) is 5.38. The number of pyridine rings is 1. The predicted octanol–water partition coefficient (Wildman–Crippen LogP) is 3.09. The molecule has 1 aromatic heterocycles. The van der Waals surface area contributed by atoms with Gasteiger partial charge in [0.05, 0.1) is 18.9 Å². The molecule has 1 aliphatic heterocycles. The molecular weight excluding hydrogens is 281 g/mol. The number of benzene rings is 1. The molecule has 0 aliphatic carbocycles. The Morgan fingerprint density at radius 2 is 2.20 bits per heavy atom. The zero-order valence-electron chi connectivity index (χ0n) is 10.6. The van der Waals surface area contributed by atoms with Gasteiger partial charge in [-0.05, 0) is 29.3 Å². The normalized spacial score (nSPS) is 14.8. The first-order chi connectivity index (χ1) is 9.63. The SMILES string of the molecule is OC(Cc1cc(Cl)cc2c1OCC2)c1cncc(F)c1. The summed E-state index contributed by atoms with van der Waals surface area (Å²) in [4.78, 5) is 3.74. The molecule has 3 nitrogen and oxygen atoms in total. The van der Waals surface area contributed by atoms with Crippen LogP contribution in [0, 0.1) is 5.82 Å². The number of hydrogen-bond acceptors (Lipinski definition) is 3. The van der Waals surface area contributed by atoms with Gasteiger partial charge in [0.25, 0.3) is 0 Å². The Labute approximate surface area is 121 Å². The zero-order valence-corrected chi connectivity index (χ0v) is 11.4. The Hall–Kier alpha value is -1.65. The average Bonchev–Trinajstić information content (AvgIpc) is 2.86. The maximum absolute atomic E-state index is 13.1. The van der Waals surface area contributed by atoms with Gasteiger partial charge in [0.15, 0.2) is 0 Å². The second-order valence-corrected chi connectivity index (χ2v) is 5.24. The van der Waals surface area contributed by atoms with E-state index in [1.807, 2.05) is 6.07 Å². The van der Waals surface area contributed by atoms with Gasteiger partial charge >= 0.3 is 0 Å². The van der Waals surface area contributed by atoms with E-state index in [1.165, 1.54) is 12.3 Å². The third kappa shape index (κ3) is 2.62. The molecule has 5 heteroatoms. The highest BCUT2D eigenvalue weighted by Crippen LogP contribution is 2.35. The van der Waals surface area contributed by atoms with Crippen LogP contribution in [0.4, 0.5) is 4.39 Å². The minimum Gasteiger partial charge on any atom is -0.493 e. The first-order valence-electron chi connectivity index (χ1n) is 6.36. The summed E-state index contributed by atoms with van der Waals surface area (Å²) in [5.74, 6) is 0.326. The third-order valence-electron chi connectivity index (χ3n) is 3.35. The lowest BCUT2D eigenvalue weighted by molar-refractivity contribution is 0.176. The summed E-state index contributed by atoms with van der Waals surface area (Å²) in [6, 6.07) is 4.94. The van der Waals surface area contributed by atoms with Crippen LogP contribution in [-0.4, -0.2) is 16.7 Å². The molecule has 0 spiro atoms. The van der Waals surface area contributed by atoms with Crippen molar-refractivity contribution in [1.82, 2.24) is 4.98 Å². The molecular formula is C15H13ClFNO2. The smallest absolute Gasteiger partial charge is 0.141 e. The molecule has 0 bridgehead atoms. The molecule has 1 atom stereocenters. The summed E-state index contributed by atoms with van der Waals surface area (Å²) in [6.45, 7) is 0.625. The molecule has 0 saturated heterocycles. The molecule has 20 heavy (non-hydrogen) atoms. The van der Waals surface area contributed by atoms with E-state index in [-0.39, 0.29) is 0 Å². The number of halogens is 2. The molecule has 1 N–H and O–H groups in total. The van der Waals surface area contributed by atoms with Crippen LogP contribution in [0.5, 0.6) is 5.75 Å². The van der Waals surface area contributed by atoms with Gasteiger partial charge in [-0.2, -0.15) is 0 Å². The topological polar surface area (TPSA) is 42.4 Å². The van der Waals surface area contributed by atoms with Crippen molar-refractivity contribution < 1.29 is 14.2 Å². The zero-order chi connectivity index (χ0) is 14.1. The molecule has 1 aliphatic rings. The van der Waals surface area contributed by atoms with Gasteiger partial charge < -0.3 is 9.84 Å². The fraction of sp³-hybridized carbons (Fsp3) is 0.267. The highest BCUT2D eigenvalue weighted by molar-refractivity contribution is 6.30. The van der Waals surface area contributed by atoms with Crippen LogP contribution in [0.1, 0.15) is 22.8 Å². The van der Waals surface area contributed by atoms with E-state index in [4.69, 9.17) is 16.3 Å². The van der Waals surface area contributed by atoms with Gasteiger partial charge in [-0.25, -0.2) is 4.39 Å². The summed E-state index contributed by atoms with van der Waals surface area (Å²) in [7, 11) is 0. The fourth-order valence-corrected chi connectivity index (χ4v) is 2.70. The average molecular weight is 294 g/mol. The molecule has 3 rings (SSSR count). The summed E-state index contributed by atoms with van der Waals surface area (Å²) in [5.41, 5.74) is 2.33. The van der Waals surface area contributed by atoms with Gasteiger partial charge in [-0.1, -0.05) is 11.6 Å². The Morgan fingerprint density at radius 1 is 1.35 bits per heavy atom. The Bertz CT molecular complexity index is 648. The van der Waals surface area contributed by atoms with Gasteiger partial charge in [-0.15, -0.1) is 0 Å². The van der Waals surface area contributed by atoms with Crippen molar-refractivity contribution in [3.63, 3.8) is 0 Å². The van der Waals surface area contributed by atoms with Crippen molar-refractivity contribution in [2.24, 2.45) is 0 Å². The number of aliphatic hydroxyl groups is 1. The van der Waals surface area contributed by atoms with Crippen LogP contribution in [-0.2, 0) is 12.8 Å². The van der Waals surface area contributed by atoms with Crippen LogP contribution < -0.4 is 4.74 Å². The number of ether oxygens (including phenoxy) is 1. The summed E-state index contributed by atoms with van der Waals surface area (Å²) in [5, 5.41) is 10.8. The molecule has 104 valence electrons. The number of aliphatic hydroxyl groups excluding tert-OH is 1.